The van der Waals surface area contributed by atoms with E-state index >= 15 is 4.39 Å². The molecule has 10 heteroatoms. The number of sulfonamides is 1. The quantitative estimate of drug-likeness (QED) is 0.645. The molecule has 5 rings (SSSR count). The Hall–Kier alpha value is -2.53. The SMILES string of the molecule is C[C@H]1CC[C@H](c2ccccc2)S(=O)(=O)N1Cc1ccc(N2CCC3(C[C@H]2C(=O)O)OCCO3)cc1F. The summed E-state index contributed by atoms with van der Waals surface area (Å²) in [6.45, 7) is 2.97. The maximum absolute atomic E-state index is 15.3. The van der Waals surface area contributed by atoms with Crippen molar-refractivity contribution >= 4 is 21.7 Å². The van der Waals surface area contributed by atoms with Crippen LogP contribution in [0.4, 0.5) is 10.1 Å². The van der Waals surface area contributed by atoms with Crippen molar-refractivity contribution in [3.8, 4) is 0 Å². The van der Waals surface area contributed by atoms with Crippen molar-refractivity contribution in [1.29, 1.82) is 0 Å². The van der Waals surface area contributed by atoms with Crippen LogP contribution in [0.15, 0.2) is 48.5 Å². The van der Waals surface area contributed by atoms with E-state index < -0.39 is 38.9 Å². The standard InChI is InChI=1S/C26H31FN2O6S/c1-18-7-10-24(19-5-3-2-4-6-19)36(32,33)29(18)17-20-8-9-21(15-22(20)27)28-12-11-26(34-13-14-35-26)16-23(28)25(30)31/h2-6,8-9,15,18,23-24H,7,10-14,16-17H2,1H3,(H,30,31)/t18-,23-,24+/m0/s1. The second-order valence-corrected chi connectivity index (χ2v) is 11.9. The molecule has 1 spiro atoms. The Morgan fingerprint density at radius 1 is 1.14 bits per heavy atom. The molecule has 0 aliphatic carbocycles. The molecule has 36 heavy (non-hydrogen) atoms. The van der Waals surface area contributed by atoms with E-state index in [-0.39, 0.29) is 24.6 Å². The first-order chi connectivity index (χ1) is 17.2. The molecule has 1 N–H and O–H groups in total. The highest BCUT2D eigenvalue weighted by Crippen LogP contribution is 2.40. The summed E-state index contributed by atoms with van der Waals surface area (Å²) in [6.07, 6.45) is 1.82. The summed E-state index contributed by atoms with van der Waals surface area (Å²) in [6, 6.07) is 12.5. The first kappa shape index (κ1) is 25.1. The third-order valence-electron chi connectivity index (χ3n) is 7.60. The van der Waals surface area contributed by atoms with Gasteiger partial charge in [-0.3, -0.25) is 0 Å². The van der Waals surface area contributed by atoms with Crippen LogP contribution in [-0.2, 0) is 30.8 Å². The van der Waals surface area contributed by atoms with Gasteiger partial charge in [0.2, 0.25) is 10.0 Å². The third-order valence-corrected chi connectivity index (χ3v) is 9.97. The van der Waals surface area contributed by atoms with Crippen LogP contribution in [0, 0.1) is 5.82 Å². The van der Waals surface area contributed by atoms with Gasteiger partial charge in [0.05, 0.1) is 13.2 Å². The Bertz CT molecular complexity index is 1220. The number of carboxylic acid groups (broad SMARTS) is 1. The molecule has 0 aromatic heterocycles. The van der Waals surface area contributed by atoms with E-state index in [4.69, 9.17) is 9.47 Å². The maximum Gasteiger partial charge on any atom is 0.326 e. The normalized spacial score (nSPS) is 27.8. The van der Waals surface area contributed by atoms with Gasteiger partial charge in [-0.15, -0.1) is 0 Å². The molecule has 194 valence electrons. The summed E-state index contributed by atoms with van der Waals surface area (Å²) in [5.74, 6) is -2.49. The molecule has 0 amide bonds. The second kappa shape index (κ2) is 9.74. The predicted octanol–water partition coefficient (Wildman–Crippen LogP) is 3.68. The van der Waals surface area contributed by atoms with Crippen molar-refractivity contribution in [1.82, 2.24) is 4.31 Å². The number of aliphatic carboxylic acids is 1. The Labute approximate surface area is 210 Å². The number of carboxylic acids is 1. The fourth-order valence-corrected chi connectivity index (χ4v) is 7.79. The van der Waals surface area contributed by atoms with Crippen LogP contribution in [0.1, 0.15) is 49.0 Å². The molecule has 3 fully saturated rings. The van der Waals surface area contributed by atoms with E-state index in [0.717, 1.165) is 5.56 Å². The Morgan fingerprint density at radius 2 is 1.86 bits per heavy atom. The second-order valence-electron chi connectivity index (χ2n) is 9.80. The van der Waals surface area contributed by atoms with Gasteiger partial charge >= 0.3 is 5.97 Å². The summed E-state index contributed by atoms with van der Waals surface area (Å²) in [5, 5.41) is 9.18. The van der Waals surface area contributed by atoms with Gasteiger partial charge in [-0.1, -0.05) is 36.4 Å². The van der Waals surface area contributed by atoms with Crippen LogP contribution in [0.25, 0.3) is 0 Å². The minimum Gasteiger partial charge on any atom is -0.480 e. The van der Waals surface area contributed by atoms with Gasteiger partial charge in [0.15, 0.2) is 5.79 Å². The number of ether oxygens (including phenoxy) is 2. The van der Waals surface area contributed by atoms with Gasteiger partial charge < -0.3 is 19.5 Å². The first-order valence-corrected chi connectivity index (χ1v) is 13.8. The lowest BCUT2D eigenvalue weighted by atomic mass is 9.95. The van der Waals surface area contributed by atoms with Crippen LogP contribution in [0.5, 0.6) is 0 Å². The average molecular weight is 519 g/mol. The first-order valence-electron chi connectivity index (χ1n) is 12.3. The summed E-state index contributed by atoms with van der Waals surface area (Å²) < 4.78 is 55.1. The number of halogens is 1. The summed E-state index contributed by atoms with van der Waals surface area (Å²) in [5.41, 5.74) is 1.43. The van der Waals surface area contributed by atoms with Crippen LogP contribution < -0.4 is 4.90 Å². The minimum absolute atomic E-state index is 0.0773. The molecule has 3 atom stereocenters. The lowest BCUT2D eigenvalue weighted by Crippen LogP contribution is -2.54. The molecule has 0 bridgehead atoms. The monoisotopic (exact) mass is 518 g/mol. The Balaban J connectivity index is 1.37. The van der Waals surface area contributed by atoms with Gasteiger partial charge in [0, 0.05) is 43.2 Å². The number of hydrogen-bond acceptors (Lipinski definition) is 6. The van der Waals surface area contributed by atoms with Crippen molar-refractivity contribution in [3.63, 3.8) is 0 Å². The highest BCUT2D eigenvalue weighted by molar-refractivity contribution is 7.89. The minimum atomic E-state index is -3.69. The molecular formula is C26H31FN2O6S. The number of hydrogen-bond donors (Lipinski definition) is 1. The van der Waals surface area contributed by atoms with E-state index in [1.165, 1.54) is 10.4 Å². The number of piperidine rings is 1. The average Bonchev–Trinajstić information content (AvgIpc) is 3.30. The summed E-state index contributed by atoms with van der Waals surface area (Å²) in [4.78, 5) is 13.7. The van der Waals surface area contributed by atoms with E-state index in [0.29, 0.717) is 44.7 Å². The topological polar surface area (TPSA) is 96.4 Å². The molecule has 3 heterocycles. The van der Waals surface area contributed by atoms with Gasteiger partial charge in [-0.05, 0) is 37.5 Å². The molecule has 3 saturated heterocycles. The van der Waals surface area contributed by atoms with Crippen molar-refractivity contribution in [2.45, 2.75) is 62.3 Å². The zero-order chi connectivity index (χ0) is 25.5. The molecule has 2 aromatic carbocycles. The smallest absolute Gasteiger partial charge is 0.326 e. The van der Waals surface area contributed by atoms with E-state index in [2.05, 4.69) is 0 Å². The number of nitrogens with zero attached hydrogens (tertiary/aromatic N) is 2. The summed E-state index contributed by atoms with van der Waals surface area (Å²) >= 11 is 0. The van der Waals surface area contributed by atoms with Crippen LogP contribution in [0.2, 0.25) is 0 Å². The van der Waals surface area contributed by atoms with Crippen molar-refractivity contribution in [2.75, 3.05) is 24.7 Å². The molecule has 3 aliphatic rings. The van der Waals surface area contributed by atoms with Crippen LogP contribution in [0.3, 0.4) is 0 Å². The summed E-state index contributed by atoms with van der Waals surface area (Å²) in [7, 11) is -3.69. The highest BCUT2D eigenvalue weighted by atomic mass is 32.2. The lowest BCUT2D eigenvalue weighted by molar-refractivity contribution is -0.182. The fourth-order valence-electron chi connectivity index (χ4n) is 5.61. The molecule has 0 unspecified atom stereocenters. The number of carbonyl (C=O) groups is 1. The molecule has 0 radical (unpaired) electrons. The molecule has 8 nitrogen and oxygen atoms in total. The van der Waals surface area contributed by atoms with E-state index in [1.54, 1.807) is 17.0 Å². The number of anilines is 1. The Kier molecular flexibility index (Phi) is 6.80. The lowest BCUT2D eigenvalue weighted by Gasteiger charge is -2.42. The Morgan fingerprint density at radius 3 is 2.53 bits per heavy atom. The van der Waals surface area contributed by atoms with Crippen LogP contribution >= 0.6 is 0 Å². The maximum atomic E-state index is 15.3. The van der Waals surface area contributed by atoms with Gasteiger partial charge in [0.25, 0.3) is 0 Å². The zero-order valence-corrected chi connectivity index (χ0v) is 21.0. The number of benzene rings is 2. The predicted molar refractivity (Wildman–Crippen MR) is 131 cm³/mol. The third kappa shape index (κ3) is 4.63. The molecule has 3 aliphatic heterocycles. The van der Waals surface area contributed by atoms with E-state index in [9.17, 15) is 18.3 Å². The van der Waals surface area contributed by atoms with E-state index in [1.807, 2.05) is 37.3 Å². The molecule has 2 aromatic rings. The fraction of sp³-hybridized carbons (Fsp3) is 0.500. The van der Waals surface area contributed by atoms with Crippen molar-refractivity contribution < 1.29 is 32.2 Å². The zero-order valence-electron chi connectivity index (χ0n) is 20.2. The molecular weight excluding hydrogens is 487 g/mol. The van der Waals surface area contributed by atoms with Gasteiger partial charge in [0.1, 0.15) is 17.1 Å². The van der Waals surface area contributed by atoms with Gasteiger partial charge in [-0.25, -0.2) is 17.6 Å². The largest absolute Gasteiger partial charge is 0.480 e. The molecule has 0 saturated carbocycles. The van der Waals surface area contributed by atoms with Gasteiger partial charge in [-0.2, -0.15) is 4.31 Å². The van der Waals surface area contributed by atoms with Crippen molar-refractivity contribution in [3.05, 3.63) is 65.5 Å². The highest BCUT2D eigenvalue weighted by Gasteiger charge is 2.47. The number of rotatable bonds is 5. The van der Waals surface area contributed by atoms with Crippen molar-refractivity contribution in [2.24, 2.45) is 0 Å². The van der Waals surface area contributed by atoms with Crippen LogP contribution in [-0.4, -0.2) is 61.4 Å².